The van der Waals surface area contributed by atoms with Gasteiger partial charge in [0.05, 0.1) is 12.0 Å². The normalized spacial score (nSPS) is 23.3. The maximum atomic E-state index is 13.0. The molecule has 2 amide bonds. The second-order valence-electron chi connectivity index (χ2n) is 7.17. The first-order valence-electron chi connectivity index (χ1n) is 9.01. The van der Waals surface area contributed by atoms with Gasteiger partial charge in [-0.05, 0) is 37.5 Å². The summed E-state index contributed by atoms with van der Waals surface area (Å²) < 4.78 is 5.12. The minimum Gasteiger partial charge on any atom is -0.383 e. The number of methoxy groups -OCH3 is 1. The zero-order valence-electron chi connectivity index (χ0n) is 14.9. The van der Waals surface area contributed by atoms with Gasteiger partial charge < -0.3 is 14.5 Å². The van der Waals surface area contributed by atoms with Crippen LogP contribution in [0.15, 0.2) is 18.2 Å². The van der Waals surface area contributed by atoms with Crippen LogP contribution in [0, 0.1) is 5.41 Å². The Balaban J connectivity index is 1.50. The van der Waals surface area contributed by atoms with E-state index in [1.165, 1.54) is 0 Å². The summed E-state index contributed by atoms with van der Waals surface area (Å²) >= 11 is 0. The van der Waals surface area contributed by atoms with Crippen LogP contribution >= 0.6 is 0 Å². The Kier molecular flexibility index (Phi) is 4.36. The van der Waals surface area contributed by atoms with Gasteiger partial charge in [-0.3, -0.25) is 9.59 Å². The van der Waals surface area contributed by atoms with Crippen molar-refractivity contribution in [3.8, 4) is 0 Å². The number of aromatic nitrogens is 3. The highest BCUT2D eigenvalue weighted by molar-refractivity contribution is 5.98. The molecule has 8 nitrogen and oxygen atoms in total. The Hall–Kier alpha value is -2.48. The number of amides is 2. The van der Waals surface area contributed by atoms with E-state index in [4.69, 9.17) is 4.74 Å². The van der Waals surface area contributed by atoms with Gasteiger partial charge in [0.2, 0.25) is 5.91 Å². The van der Waals surface area contributed by atoms with Crippen LogP contribution in [0.3, 0.4) is 0 Å². The topological polar surface area (TPSA) is 91.4 Å². The lowest BCUT2D eigenvalue weighted by molar-refractivity contribution is -0.146. The van der Waals surface area contributed by atoms with E-state index in [2.05, 4.69) is 15.4 Å². The van der Waals surface area contributed by atoms with Crippen molar-refractivity contribution in [2.75, 3.05) is 39.9 Å². The number of carbonyl (C=O) groups excluding carboxylic acids is 2. The third-order valence-electron chi connectivity index (χ3n) is 5.59. The lowest BCUT2D eigenvalue weighted by Crippen LogP contribution is -2.51. The van der Waals surface area contributed by atoms with E-state index in [1.807, 2.05) is 4.90 Å². The fourth-order valence-electron chi connectivity index (χ4n) is 4.15. The number of ether oxygens (including phenoxy) is 1. The maximum absolute atomic E-state index is 13.0. The van der Waals surface area contributed by atoms with E-state index in [0.717, 1.165) is 31.3 Å². The fourth-order valence-corrected chi connectivity index (χ4v) is 4.15. The lowest BCUT2D eigenvalue weighted by atomic mass is 9.78. The van der Waals surface area contributed by atoms with Crippen LogP contribution in [0.1, 0.15) is 29.6 Å². The van der Waals surface area contributed by atoms with E-state index in [9.17, 15) is 9.59 Å². The molecule has 8 heteroatoms. The fraction of sp³-hybridized carbons (Fsp3) is 0.556. The maximum Gasteiger partial charge on any atom is 0.253 e. The number of likely N-dealkylation sites (tertiary alicyclic amines) is 2. The number of H-pyrrole nitrogens is 1. The van der Waals surface area contributed by atoms with Crippen molar-refractivity contribution in [1.82, 2.24) is 25.2 Å². The van der Waals surface area contributed by atoms with E-state index in [-0.39, 0.29) is 11.8 Å². The molecule has 1 aromatic heterocycles. The molecular weight excluding hydrogens is 334 g/mol. The quantitative estimate of drug-likeness (QED) is 0.883. The standard InChI is InChI=1S/C18H23N5O3/c1-26-10-9-22-7-2-5-18(17(22)25)6-8-23(12-18)16(24)13-3-4-14-15(11-13)20-21-19-14/h3-4,11H,2,5-10,12H2,1H3,(H,19,20,21)/t18-/m0/s1. The van der Waals surface area contributed by atoms with Gasteiger partial charge in [0.25, 0.3) is 5.91 Å². The largest absolute Gasteiger partial charge is 0.383 e. The minimum absolute atomic E-state index is 0.0476. The molecule has 1 aromatic carbocycles. The number of fused-ring (bicyclic) bond motifs is 1. The molecule has 3 heterocycles. The molecule has 0 radical (unpaired) electrons. The average Bonchev–Trinajstić information content (AvgIpc) is 3.29. The van der Waals surface area contributed by atoms with Gasteiger partial charge >= 0.3 is 0 Å². The summed E-state index contributed by atoms with van der Waals surface area (Å²) in [6.07, 6.45) is 2.55. The molecule has 0 saturated carbocycles. The first-order chi connectivity index (χ1) is 12.6. The van der Waals surface area contributed by atoms with Gasteiger partial charge in [-0.1, -0.05) is 0 Å². The van der Waals surface area contributed by atoms with Gasteiger partial charge in [0.1, 0.15) is 11.0 Å². The lowest BCUT2D eigenvalue weighted by Gasteiger charge is -2.39. The van der Waals surface area contributed by atoms with Crippen molar-refractivity contribution in [2.45, 2.75) is 19.3 Å². The molecule has 2 aliphatic rings. The van der Waals surface area contributed by atoms with Crippen LogP contribution in [0.4, 0.5) is 0 Å². The summed E-state index contributed by atoms with van der Waals surface area (Å²) in [5, 5.41) is 10.6. The summed E-state index contributed by atoms with van der Waals surface area (Å²) in [6, 6.07) is 5.31. The molecule has 138 valence electrons. The molecule has 2 aliphatic heterocycles. The van der Waals surface area contributed by atoms with E-state index >= 15 is 0 Å². The third-order valence-corrected chi connectivity index (χ3v) is 5.59. The molecule has 0 bridgehead atoms. The highest BCUT2D eigenvalue weighted by Gasteiger charge is 2.49. The highest BCUT2D eigenvalue weighted by atomic mass is 16.5. The summed E-state index contributed by atoms with van der Waals surface area (Å²) in [4.78, 5) is 29.6. The average molecular weight is 357 g/mol. The van der Waals surface area contributed by atoms with E-state index < -0.39 is 5.41 Å². The van der Waals surface area contributed by atoms with Gasteiger partial charge in [0, 0.05) is 38.9 Å². The number of aromatic amines is 1. The Morgan fingerprint density at radius 2 is 2.12 bits per heavy atom. The molecule has 26 heavy (non-hydrogen) atoms. The van der Waals surface area contributed by atoms with Crippen LogP contribution < -0.4 is 0 Å². The van der Waals surface area contributed by atoms with Gasteiger partial charge in [-0.25, -0.2) is 0 Å². The van der Waals surface area contributed by atoms with Crippen LogP contribution in [0.5, 0.6) is 0 Å². The SMILES string of the molecule is COCCN1CCC[C@@]2(CCN(C(=O)c3ccc4n[nH]nc4c3)C2)C1=O. The molecule has 0 aliphatic carbocycles. The molecule has 2 aromatic rings. The zero-order chi connectivity index (χ0) is 18.1. The van der Waals surface area contributed by atoms with Crippen LogP contribution in [0.25, 0.3) is 11.0 Å². The van der Waals surface area contributed by atoms with Gasteiger partial charge in [0.15, 0.2) is 0 Å². The van der Waals surface area contributed by atoms with Crippen LogP contribution in [-0.4, -0.2) is 76.9 Å². The van der Waals surface area contributed by atoms with Crippen molar-refractivity contribution >= 4 is 22.8 Å². The molecule has 4 rings (SSSR count). The number of piperidine rings is 1. The zero-order valence-corrected chi connectivity index (χ0v) is 14.9. The molecular formula is C18H23N5O3. The van der Waals surface area contributed by atoms with Crippen molar-refractivity contribution in [1.29, 1.82) is 0 Å². The summed E-state index contributed by atoms with van der Waals surface area (Å²) in [5.41, 5.74) is 1.56. The predicted molar refractivity (Wildman–Crippen MR) is 94.5 cm³/mol. The summed E-state index contributed by atoms with van der Waals surface area (Å²) in [5.74, 6) is 0.122. The Morgan fingerprint density at radius 1 is 1.27 bits per heavy atom. The van der Waals surface area contributed by atoms with Gasteiger partial charge in [-0.2, -0.15) is 15.4 Å². The van der Waals surface area contributed by atoms with Crippen molar-refractivity contribution in [3.05, 3.63) is 23.8 Å². The molecule has 1 N–H and O–H groups in total. The van der Waals surface area contributed by atoms with E-state index in [1.54, 1.807) is 30.2 Å². The van der Waals surface area contributed by atoms with Crippen molar-refractivity contribution in [2.24, 2.45) is 5.41 Å². The Labute approximate surface area is 151 Å². The number of hydrogen-bond donors (Lipinski definition) is 1. The summed E-state index contributed by atoms with van der Waals surface area (Å²) in [6.45, 7) is 3.04. The monoisotopic (exact) mass is 357 g/mol. The number of nitrogens with one attached hydrogen (secondary N) is 1. The first kappa shape index (κ1) is 17.0. The molecule has 0 unspecified atom stereocenters. The van der Waals surface area contributed by atoms with Gasteiger partial charge in [-0.15, -0.1) is 0 Å². The second kappa shape index (κ2) is 6.68. The highest BCUT2D eigenvalue weighted by Crippen LogP contribution is 2.40. The summed E-state index contributed by atoms with van der Waals surface area (Å²) in [7, 11) is 1.64. The molecule has 2 fully saturated rings. The van der Waals surface area contributed by atoms with E-state index in [0.29, 0.717) is 37.3 Å². The molecule has 1 spiro atoms. The third kappa shape index (κ3) is 2.84. The number of benzene rings is 1. The smallest absolute Gasteiger partial charge is 0.253 e. The molecule has 2 saturated heterocycles. The number of rotatable bonds is 4. The number of carbonyl (C=O) groups is 2. The van der Waals surface area contributed by atoms with Crippen LogP contribution in [0.2, 0.25) is 0 Å². The second-order valence-corrected chi connectivity index (χ2v) is 7.17. The minimum atomic E-state index is -0.431. The molecule has 1 atom stereocenters. The number of nitrogens with zero attached hydrogens (tertiary/aromatic N) is 4. The Morgan fingerprint density at radius 3 is 2.96 bits per heavy atom. The Bertz CT molecular complexity index is 835. The van der Waals surface area contributed by atoms with Crippen LogP contribution in [-0.2, 0) is 9.53 Å². The number of hydrogen-bond acceptors (Lipinski definition) is 5. The van der Waals surface area contributed by atoms with Crippen molar-refractivity contribution < 1.29 is 14.3 Å². The predicted octanol–water partition coefficient (Wildman–Crippen LogP) is 1.06. The first-order valence-corrected chi connectivity index (χ1v) is 9.01. The van der Waals surface area contributed by atoms with Crippen molar-refractivity contribution in [3.63, 3.8) is 0 Å².